The number of nitrogens with zero attached hydrogens (tertiary/aromatic N) is 2. The first-order valence-corrected chi connectivity index (χ1v) is 7.89. The van der Waals surface area contributed by atoms with E-state index in [0.29, 0.717) is 5.49 Å². The van der Waals surface area contributed by atoms with Crippen LogP contribution in [0.4, 0.5) is 5.95 Å². The molecular weight excluding hydrogens is 256 g/mol. The maximum Gasteiger partial charge on any atom is 0.205 e. The molecule has 3 heterocycles. The molecule has 4 nitrogen and oxygen atoms in total. The lowest BCUT2D eigenvalue weighted by atomic mass is 9.89. The number of nitrogens with one attached hydrogen (secondary N) is 2. The molecule has 2 aliphatic rings. The molecule has 0 amide bonds. The lowest BCUT2D eigenvalue weighted by Crippen LogP contribution is -2.30. The first kappa shape index (κ1) is 11.5. The summed E-state index contributed by atoms with van der Waals surface area (Å²) in [5.74, 6) is 1.66. The van der Waals surface area contributed by atoms with Crippen molar-refractivity contribution in [2.75, 3.05) is 11.9 Å². The Morgan fingerprint density at radius 3 is 3.26 bits per heavy atom. The summed E-state index contributed by atoms with van der Waals surface area (Å²) < 4.78 is 2.04. The summed E-state index contributed by atoms with van der Waals surface area (Å²) in [6.07, 6.45) is 4.62. The van der Waals surface area contributed by atoms with Gasteiger partial charge in [0.1, 0.15) is 10.3 Å². The van der Waals surface area contributed by atoms with Gasteiger partial charge in [-0.3, -0.25) is 9.98 Å². The summed E-state index contributed by atoms with van der Waals surface area (Å²) in [7, 11) is 0. The van der Waals surface area contributed by atoms with Crippen molar-refractivity contribution in [2.24, 2.45) is 5.92 Å². The summed E-state index contributed by atoms with van der Waals surface area (Å²) in [6.45, 7) is 4.22. The van der Waals surface area contributed by atoms with Crippen molar-refractivity contribution in [2.45, 2.75) is 39.2 Å². The van der Waals surface area contributed by atoms with Crippen molar-refractivity contribution < 1.29 is 0 Å². The Balaban J connectivity index is 2.02. The number of hydrogen-bond acceptors (Lipinski definition) is 4. The van der Waals surface area contributed by atoms with Gasteiger partial charge in [-0.25, -0.2) is 4.98 Å². The van der Waals surface area contributed by atoms with Gasteiger partial charge in [0.15, 0.2) is 0 Å². The van der Waals surface area contributed by atoms with Gasteiger partial charge in [0.05, 0.1) is 5.39 Å². The van der Waals surface area contributed by atoms with E-state index in [1.165, 1.54) is 23.3 Å². The summed E-state index contributed by atoms with van der Waals surface area (Å²) in [5, 5.41) is 13.0. The predicted octanol–water partition coefficient (Wildman–Crippen LogP) is 2.52. The summed E-state index contributed by atoms with van der Waals surface area (Å²) in [6, 6.07) is 0. The zero-order valence-electron chi connectivity index (χ0n) is 11.1. The van der Waals surface area contributed by atoms with E-state index in [9.17, 15) is 0 Å². The van der Waals surface area contributed by atoms with E-state index in [0.717, 1.165) is 48.0 Å². The van der Waals surface area contributed by atoms with E-state index < -0.39 is 0 Å². The van der Waals surface area contributed by atoms with Gasteiger partial charge in [-0.05, 0) is 37.2 Å². The van der Waals surface area contributed by atoms with Gasteiger partial charge in [0.25, 0.3) is 0 Å². The maximum atomic E-state index is 8.51. The van der Waals surface area contributed by atoms with Gasteiger partial charge in [-0.15, -0.1) is 11.3 Å². The molecule has 1 aliphatic heterocycles. The Bertz CT molecular complexity index is 712. The molecule has 0 saturated carbocycles. The number of anilines is 1. The van der Waals surface area contributed by atoms with Crippen molar-refractivity contribution in [3.05, 3.63) is 15.9 Å². The molecule has 0 saturated heterocycles. The number of aryl methyl sites for hydroxylation is 1. The van der Waals surface area contributed by atoms with E-state index in [1.54, 1.807) is 11.3 Å². The second-order valence-corrected chi connectivity index (χ2v) is 6.83. The van der Waals surface area contributed by atoms with Crippen LogP contribution in [0.3, 0.4) is 0 Å². The van der Waals surface area contributed by atoms with Crippen LogP contribution in [0.1, 0.15) is 30.2 Å². The van der Waals surface area contributed by atoms with Crippen LogP contribution in [-0.2, 0) is 19.4 Å². The number of thiophene rings is 1. The molecule has 0 fully saturated rings. The fourth-order valence-electron chi connectivity index (χ4n) is 3.25. The quantitative estimate of drug-likeness (QED) is 0.775. The second-order valence-electron chi connectivity index (χ2n) is 5.75. The summed E-state index contributed by atoms with van der Waals surface area (Å²) in [4.78, 5) is 7.29. The average Bonchev–Trinajstić information content (AvgIpc) is 2.76. The van der Waals surface area contributed by atoms with E-state index in [4.69, 9.17) is 10.4 Å². The van der Waals surface area contributed by atoms with Crippen molar-refractivity contribution in [3.63, 3.8) is 0 Å². The monoisotopic (exact) mass is 274 g/mol. The highest BCUT2D eigenvalue weighted by Gasteiger charge is 2.23. The molecule has 2 aromatic rings. The Kier molecular flexibility index (Phi) is 2.45. The Morgan fingerprint density at radius 1 is 1.47 bits per heavy atom. The third-order valence-corrected chi connectivity index (χ3v) is 5.45. The molecule has 1 unspecified atom stereocenters. The van der Waals surface area contributed by atoms with Crippen molar-refractivity contribution in [3.8, 4) is 0 Å². The topological polar surface area (TPSA) is 53.7 Å². The molecule has 0 radical (unpaired) electrons. The van der Waals surface area contributed by atoms with Gasteiger partial charge < -0.3 is 5.32 Å². The first-order chi connectivity index (χ1) is 9.24. The van der Waals surface area contributed by atoms with Crippen molar-refractivity contribution >= 4 is 27.5 Å². The van der Waals surface area contributed by atoms with E-state index in [-0.39, 0.29) is 0 Å². The minimum absolute atomic E-state index is 0.666. The lowest BCUT2D eigenvalue weighted by molar-refractivity contribution is 0.508. The highest BCUT2D eigenvalue weighted by Crippen LogP contribution is 2.36. The number of fused-ring (bicyclic) bond motifs is 4. The smallest absolute Gasteiger partial charge is 0.205 e. The fourth-order valence-corrected chi connectivity index (χ4v) is 4.63. The van der Waals surface area contributed by atoms with Crippen LogP contribution in [-0.4, -0.2) is 16.1 Å². The third-order valence-electron chi connectivity index (χ3n) is 4.30. The molecule has 2 N–H and O–H groups in total. The van der Waals surface area contributed by atoms with E-state index in [2.05, 4.69) is 12.2 Å². The van der Waals surface area contributed by atoms with Crippen LogP contribution in [0.2, 0.25) is 0 Å². The van der Waals surface area contributed by atoms with Crippen molar-refractivity contribution in [1.82, 2.24) is 9.55 Å². The maximum absolute atomic E-state index is 8.51. The van der Waals surface area contributed by atoms with E-state index in [1.807, 2.05) is 4.57 Å². The molecule has 2 aromatic heterocycles. The van der Waals surface area contributed by atoms with Gasteiger partial charge in [0.2, 0.25) is 5.95 Å². The standard InChI is InChI=1S/C14H18N4S/c1-8-3-4-9-10(7-8)19-13-11(9)12(15)18-6-2-5-16-14(18)17-13/h8,15H,2-7H2,1H3,(H,16,17). The number of hydrogen-bond donors (Lipinski definition) is 2. The normalized spacial score (nSPS) is 21.8. The van der Waals surface area contributed by atoms with Crippen LogP contribution < -0.4 is 10.8 Å². The van der Waals surface area contributed by atoms with Crippen LogP contribution in [0.5, 0.6) is 0 Å². The van der Waals surface area contributed by atoms with Crippen LogP contribution in [0, 0.1) is 11.3 Å². The molecule has 1 atom stereocenters. The summed E-state index contributed by atoms with van der Waals surface area (Å²) in [5.41, 5.74) is 2.08. The van der Waals surface area contributed by atoms with Crippen LogP contribution in [0.15, 0.2) is 0 Å². The molecule has 0 bridgehead atoms. The highest BCUT2D eigenvalue weighted by molar-refractivity contribution is 7.18. The van der Waals surface area contributed by atoms with Gasteiger partial charge >= 0.3 is 0 Å². The molecule has 100 valence electrons. The average molecular weight is 274 g/mol. The minimum atomic E-state index is 0.666. The molecule has 19 heavy (non-hydrogen) atoms. The van der Waals surface area contributed by atoms with Crippen LogP contribution in [0.25, 0.3) is 10.2 Å². The Hall–Kier alpha value is -1.36. The largest absolute Gasteiger partial charge is 0.355 e. The Labute approximate surface area is 116 Å². The first-order valence-electron chi connectivity index (χ1n) is 7.07. The molecule has 5 heteroatoms. The molecule has 1 aliphatic carbocycles. The molecular formula is C14H18N4S. The predicted molar refractivity (Wildman–Crippen MR) is 77.8 cm³/mol. The number of aromatic nitrogens is 2. The zero-order chi connectivity index (χ0) is 13.0. The third kappa shape index (κ3) is 1.64. The van der Waals surface area contributed by atoms with Crippen molar-refractivity contribution in [1.29, 1.82) is 5.41 Å². The fraction of sp³-hybridized carbons (Fsp3) is 0.571. The SMILES string of the molecule is CC1CCc2c(sc3nc4n(c(=N)c23)CCCN4)C1. The summed E-state index contributed by atoms with van der Waals surface area (Å²) >= 11 is 1.81. The second kappa shape index (κ2) is 4.07. The molecule has 0 spiro atoms. The van der Waals surface area contributed by atoms with Gasteiger partial charge in [-0.1, -0.05) is 6.92 Å². The lowest BCUT2D eigenvalue weighted by Gasteiger charge is -2.20. The van der Waals surface area contributed by atoms with Gasteiger partial charge in [0, 0.05) is 18.0 Å². The molecule has 0 aromatic carbocycles. The van der Waals surface area contributed by atoms with E-state index >= 15 is 0 Å². The Morgan fingerprint density at radius 2 is 2.37 bits per heavy atom. The van der Waals surface area contributed by atoms with Crippen LogP contribution >= 0.6 is 11.3 Å². The van der Waals surface area contributed by atoms with Gasteiger partial charge in [-0.2, -0.15) is 0 Å². The highest BCUT2D eigenvalue weighted by atomic mass is 32.1. The molecule has 4 rings (SSSR count). The number of rotatable bonds is 0. The minimum Gasteiger partial charge on any atom is -0.355 e. The zero-order valence-corrected chi connectivity index (χ0v) is 11.9.